The lowest BCUT2D eigenvalue weighted by Gasteiger charge is -2.28. The van der Waals surface area contributed by atoms with Crippen molar-refractivity contribution in [2.75, 3.05) is 13.1 Å². The van der Waals surface area contributed by atoms with Crippen LogP contribution in [0.2, 0.25) is 0 Å². The first kappa shape index (κ1) is 23.1. The molecule has 0 fully saturated rings. The summed E-state index contributed by atoms with van der Waals surface area (Å²) >= 11 is 0. The quantitative estimate of drug-likeness (QED) is 0.119. The highest BCUT2D eigenvalue weighted by atomic mass is 16.4. The van der Waals surface area contributed by atoms with Gasteiger partial charge in [-0.05, 0) is 37.8 Å². The highest BCUT2D eigenvalue weighted by Crippen LogP contribution is 2.12. The van der Waals surface area contributed by atoms with Crippen LogP contribution in [0.15, 0.2) is 5.11 Å². The Hall–Kier alpha value is -1.87. The second-order valence-corrected chi connectivity index (χ2v) is 5.85. The lowest BCUT2D eigenvalue weighted by atomic mass is 9.97. The van der Waals surface area contributed by atoms with Crippen molar-refractivity contribution in [1.82, 2.24) is 5.32 Å². The van der Waals surface area contributed by atoms with Crippen LogP contribution >= 0.6 is 0 Å². The summed E-state index contributed by atoms with van der Waals surface area (Å²) in [6.07, 6.45) is 0.641. The van der Waals surface area contributed by atoms with Gasteiger partial charge in [0.25, 0.3) is 0 Å². The molecule has 2 atom stereocenters. The minimum atomic E-state index is -1.08. The molecule has 0 aliphatic rings. The first-order valence-corrected chi connectivity index (χ1v) is 8.42. The molecule has 144 valence electrons. The first-order valence-electron chi connectivity index (χ1n) is 8.42. The van der Waals surface area contributed by atoms with Gasteiger partial charge in [-0.1, -0.05) is 18.0 Å². The molecule has 0 radical (unpaired) electrons. The monoisotopic (exact) mass is 360 g/mol. The van der Waals surface area contributed by atoms with Gasteiger partial charge in [0.05, 0.1) is 18.2 Å². The van der Waals surface area contributed by atoms with Crippen LogP contribution in [0.25, 0.3) is 10.4 Å². The van der Waals surface area contributed by atoms with Crippen LogP contribution in [0.1, 0.15) is 51.4 Å². The molecule has 0 spiro atoms. The summed E-state index contributed by atoms with van der Waals surface area (Å²) in [4.78, 5) is 23.9. The molecule has 0 saturated carbocycles. The summed E-state index contributed by atoms with van der Waals surface area (Å²) in [6, 6.07) is -0.776. The molecule has 10 heteroatoms. The van der Waals surface area contributed by atoms with Crippen LogP contribution in [-0.4, -0.2) is 63.7 Å². The number of azide groups is 1. The van der Waals surface area contributed by atoms with Gasteiger partial charge in [0.1, 0.15) is 0 Å². The molecule has 0 aliphatic heterocycles. The Morgan fingerprint density at radius 3 is 1.96 bits per heavy atom. The van der Waals surface area contributed by atoms with Gasteiger partial charge in [0.15, 0.2) is 0 Å². The Balaban J connectivity index is 4.29. The van der Waals surface area contributed by atoms with Crippen LogP contribution in [-0.2, 0) is 9.59 Å². The van der Waals surface area contributed by atoms with E-state index < -0.39 is 30.2 Å². The maximum absolute atomic E-state index is 10.6. The molecule has 0 heterocycles. The zero-order valence-corrected chi connectivity index (χ0v) is 14.3. The van der Waals surface area contributed by atoms with Crippen LogP contribution in [0.3, 0.4) is 0 Å². The van der Waals surface area contributed by atoms with Gasteiger partial charge in [0.2, 0.25) is 0 Å². The highest BCUT2D eigenvalue weighted by Gasteiger charge is 2.27. The molecule has 0 saturated heterocycles. The number of aliphatic carboxylic acids is 2. The van der Waals surface area contributed by atoms with E-state index in [4.69, 9.17) is 15.7 Å². The molecule has 0 aromatic rings. The molecule has 2 unspecified atom stereocenters. The fraction of sp³-hybridized carbons (Fsp3) is 0.867. The SMILES string of the molecule is [N-]=[N+]=NCCCCCCNC(C(O)CCC(=O)O)C(O)CCC(=O)O. The zero-order valence-electron chi connectivity index (χ0n) is 14.3. The van der Waals surface area contributed by atoms with E-state index in [0.29, 0.717) is 13.1 Å². The number of nitrogens with zero attached hydrogens (tertiary/aromatic N) is 3. The summed E-state index contributed by atoms with van der Waals surface area (Å²) in [5.41, 5.74) is 8.16. The van der Waals surface area contributed by atoms with Crippen molar-refractivity contribution in [3.63, 3.8) is 0 Å². The third-order valence-corrected chi connectivity index (χ3v) is 3.77. The molecule has 0 aromatic heterocycles. The maximum atomic E-state index is 10.6. The van der Waals surface area contributed by atoms with Gasteiger partial charge in [0, 0.05) is 24.3 Å². The van der Waals surface area contributed by atoms with Crippen molar-refractivity contribution in [3.8, 4) is 0 Å². The molecule has 0 aromatic carbocycles. The number of aliphatic hydroxyl groups is 2. The number of carboxylic acid groups (broad SMARTS) is 2. The van der Waals surface area contributed by atoms with E-state index in [1.54, 1.807) is 0 Å². The largest absolute Gasteiger partial charge is 0.481 e. The zero-order chi connectivity index (χ0) is 19.1. The average molecular weight is 360 g/mol. The van der Waals surface area contributed by atoms with Crippen molar-refractivity contribution >= 4 is 11.9 Å². The predicted molar refractivity (Wildman–Crippen MR) is 90.0 cm³/mol. The number of carbonyl (C=O) groups is 2. The van der Waals surface area contributed by atoms with E-state index in [0.717, 1.165) is 25.7 Å². The summed E-state index contributed by atoms with van der Waals surface area (Å²) in [6.45, 7) is 0.953. The summed E-state index contributed by atoms with van der Waals surface area (Å²) in [5.74, 6) is -2.09. The third-order valence-electron chi connectivity index (χ3n) is 3.77. The summed E-state index contributed by atoms with van der Waals surface area (Å²) < 4.78 is 0. The molecule has 25 heavy (non-hydrogen) atoms. The van der Waals surface area contributed by atoms with E-state index in [1.807, 2.05) is 0 Å². The van der Waals surface area contributed by atoms with E-state index in [9.17, 15) is 19.8 Å². The van der Waals surface area contributed by atoms with Crippen LogP contribution in [0.4, 0.5) is 0 Å². The lowest BCUT2D eigenvalue weighted by Crippen LogP contribution is -2.49. The molecule has 0 bridgehead atoms. The van der Waals surface area contributed by atoms with E-state index in [2.05, 4.69) is 15.3 Å². The number of aliphatic hydroxyl groups excluding tert-OH is 2. The van der Waals surface area contributed by atoms with Gasteiger partial charge in [-0.15, -0.1) is 0 Å². The number of nitrogens with one attached hydrogen (secondary N) is 1. The molecule has 0 rings (SSSR count). The van der Waals surface area contributed by atoms with Crippen molar-refractivity contribution in [3.05, 3.63) is 10.4 Å². The molecule has 0 amide bonds. The fourth-order valence-corrected chi connectivity index (χ4v) is 2.40. The van der Waals surface area contributed by atoms with E-state index in [1.165, 1.54) is 0 Å². The van der Waals surface area contributed by atoms with E-state index in [-0.39, 0.29) is 25.7 Å². The molecular formula is C15H28N4O6. The molecule has 10 nitrogen and oxygen atoms in total. The second-order valence-electron chi connectivity index (χ2n) is 5.85. The Bertz CT molecular complexity index is 418. The minimum absolute atomic E-state index is 0.0245. The highest BCUT2D eigenvalue weighted by molar-refractivity contribution is 5.67. The lowest BCUT2D eigenvalue weighted by molar-refractivity contribution is -0.138. The second kappa shape index (κ2) is 14.5. The Morgan fingerprint density at radius 1 is 0.960 bits per heavy atom. The molecule has 0 aliphatic carbocycles. The number of rotatable bonds is 16. The van der Waals surface area contributed by atoms with Gasteiger partial charge in [-0.25, -0.2) is 0 Å². The van der Waals surface area contributed by atoms with Crippen molar-refractivity contribution in [2.45, 2.75) is 69.6 Å². The summed E-state index contributed by atoms with van der Waals surface area (Å²) in [7, 11) is 0. The van der Waals surface area contributed by atoms with Gasteiger partial charge < -0.3 is 25.7 Å². The van der Waals surface area contributed by atoms with Crippen molar-refractivity contribution in [1.29, 1.82) is 0 Å². The maximum Gasteiger partial charge on any atom is 0.303 e. The molecule has 5 N–H and O–H groups in total. The number of hydrogen-bond donors (Lipinski definition) is 5. The molecular weight excluding hydrogens is 332 g/mol. The van der Waals surface area contributed by atoms with Gasteiger partial charge >= 0.3 is 11.9 Å². The standard InChI is InChI=1S/C15H28N4O6/c16-19-18-10-4-2-1-3-9-17-15(11(20)5-7-13(22)23)12(21)6-8-14(24)25/h11-12,15,17,20-21H,1-10H2,(H,22,23)(H,24,25). The van der Waals surface area contributed by atoms with E-state index >= 15 is 0 Å². The van der Waals surface area contributed by atoms with Crippen LogP contribution in [0, 0.1) is 0 Å². The third kappa shape index (κ3) is 13.1. The van der Waals surface area contributed by atoms with Crippen molar-refractivity contribution in [2.24, 2.45) is 5.11 Å². The number of hydrogen-bond acceptors (Lipinski definition) is 6. The number of unbranched alkanes of at least 4 members (excludes halogenated alkanes) is 3. The first-order chi connectivity index (χ1) is 11.9. The Kier molecular flexibility index (Phi) is 13.4. The average Bonchev–Trinajstić information content (AvgIpc) is 2.56. The van der Waals surface area contributed by atoms with Crippen LogP contribution in [0.5, 0.6) is 0 Å². The van der Waals surface area contributed by atoms with Crippen LogP contribution < -0.4 is 5.32 Å². The minimum Gasteiger partial charge on any atom is -0.481 e. The van der Waals surface area contributed by atoms with Crippen molar-refractivity contribution < 1.29 is 30.0 Å². The normalized spacial score (nSPS) is 14.3. The Labute approximate surface area is 146 Å². The number of carboxylic acids is 2. The smallest absolute Gasteiger partial charge is 0.303 e. The topological polar surface area (TPSA) is 176 Å². The van der Waals surface area contributed by atoms with Gasteiger partial charge in [-0.2, -0.15) is 0 Å². The van der Waals surface area contributed by atoms with Gasteiger partial charge in [-0.3, -0.25) is 9.59 Å². The Morgan fingerprint density at radius 2 is 1.48 bits per heavy atom. The fourth-order valence-electron chi connectivity index (χ4n) is 2.40. The summed E-state index contributed by atoms with van der Waals surface area (Å²) in [5, 5.41) is 44.0. The predicted octanol–water partition coefficient (Wildman–Crippen LogP) is 1.27.